The van der Waals surface area contributed by atoms with E-state index in [1.807, 2.05) is 25.7 Å². The first-order valence-corrected chi connectivity index (χ1v) is 9.47. The van der Waals surface area contributed by atoms with E-state index >= 15 is 0 Å². The summed E-state index contributed by atoms with van der Waals surface area (Å²) in [6.45, 7) is 8.25. The van der Waals surface area contributed by atoms with Crippen LogP contribution in [-0.2, 0) is 11.3 Å². The van der Waals surface area contributed by atoms with Crippen molar-refractivity contribution in [1.29, 1.82) is 0 Å². The monoisotopic (exact) mass is 374 g/mol. The Morgan fingerprint density at radius 1 is 1.33 bits per heavy atom. The Morgan fingerprint density at radius 3 is 2.74 bits per heavy atom. The number of rotatable bonds is 6. The second-order valence-electron chi connectivity index (χ2n) is 7.35. The van der Waals surface area contributed by atoms with Gasteiger partial charge in [0.2, 0.25) is 5.91 Å². The molecule has 1 saturated heterocycles. The topological polar surface area (TPSA) is 60.2 Å². The van der Waals surface area contributed by atoms with Crippen molar-refractivity contribution in [3.8, 4) is 5.75 Å². The molecule has 6 nitrogen and oxygen atoms in total. The van der Waals surface area contributed by atoms with E-state index in [0.717, 1.165) is 31.0 Å². The minimum Gasteiger partial charge on any atom is -0.493 e. The Morgan fingerprint density at radius 2 is 2.07 bits per heavy atom. The molecule has 2 aromatic rings. The van der Waals surface area contributed by atoms with Crippen molar-refractivity contribution in [2.45, 2.75) is 40.2 Å². The third kappa shape index (κ3) is 5.05. The Balaban J connectivity index is 1.52. The fourth-order valence-electron chi connectivity index (χ4n) is 3.53. The summed E-state index contributed by atoms with van der Waals surface area (Å²) in [7, 11) is 0. The quantitative estimate of drug-likeness (QED) is 0.780. The van der Waals surface area contributed by atoms with Crippen LogP contribution >= 0.6 is 0 Å². The second kappa shape index (κ2) is 8.50. The number of piperidine rings is 1. The summed E-state index contributed by atoms with van der Waals surface area (Å²) >= 11 is 0. The summed E-state index contributed by atoms with van der Waals surface area (Å²) in [5.41, 5.74) is 0. The van der Waals surface area contributed by atoms with Crippen LogP contribution in [0.5, 0.6) is 5.75 Å². The standard InChI is InChI=1S/C20H27FN4O2/c1-14(11-25-16(3)22-15(2)23-25)20(26)24-10-4-5-17(12-24)13-27-19-8-6-18(21)7-9-19/h6-9,14,17H,4-5,10-13H2,1-3H3/t14-,17-/m1/s1. The molecular weight excluding hydrogens is 347 g/mol. The molecule has 3 rings (SSSR count). The third-order valence-corrected chi connectivity index (χ3v) is 4.96. The maximum Gasteiger partial charge on any atom is 0.227 e. The molecule has 146 valence electrons. The number of aryl methyl sites for hydroxylation is 2. The number of nitrogens with zero attached hydrogens (tertiary/aromatic N) is 4. The van der Waals surface area contributed by atoms with Gasteiger partial charge in [-0.25, -0.2) is 14.1 Å². The summed E-state index contributed by atoms with van der Waals surface area (Å²) in [6.07, 6.45) is 2.00. The van der Waals surface area contributed by atoms with Gasteiger partial charge in [-0.15, -0.1) is 0 Å². The van der Waals surface area contributed by atoms with Crippen LogP contribution < -0.4 is 4.74 Å². The minimum absolute atomic E-state index is 0.147. The van der Waals surface area contributed by atoms with Crippen molar-refractivity contribution in [1.82, 2.24) is 19.7 Å². The molecule has 0 bridgehead atoms. The lowest BCUT2D eigenvalue weighted by Crippen LogP contribution is -2.44. The molecule has 0 N–H and O–H groups in total. The van der Waals surface area contributed by atoms with E-state index in [1.54, 1.807) is 16.8 Å². The van der Waals surface area contributed by atoms with Crippen LogP contribution in [0.4, 0.5) is 4.39 Å². The van der Waals surface area contributed by atoms with Crippen LogP contribution in [0, 0.1) is 31.5 Å². The van der Waals surface area contributed by atoms with E-state index in [9.17, 15) is 9.18 Å². The maximum atomic E-state index is 13.0. The van der Waals surface area contributed by atoms with Crippen LogP contribution in [0.25, 0.3) is 0 Å². The summed E-state index contributed by atoms with van der Waals surface area (Å²) in [5.74, 6) is 2.22. The number of carbonyl (C=O) groups is 1. The van der Waals surface area contributed by atoms with Gasteiger partial charge in [0.15, 0.2) is 0 Å². The Bertz CT molecular complexity index is 775. The molecule has 2 heterocycles. The smallest absolute Gasteiger partial charge is 0.227 e. The molecule has 1 fully saturated rings. The largest absolute Gasteiger partial charge is 0.493 e. The number of likely N-dealkylation sites (tertiary alicyclic amines) is 1. The lowest BCUT2D eigenvalue weighted by Gasteiger charge is -2.34. The zero-order valence-electron chi connectivity index (χ0n) is 16.2. The highest BCUT2D eigenvalue weighted by Crippen LogP contribution is 2.21. The van der Waals surface area contributed by atoms with Crippen molar-refractivity contribution < 1.29 is 13.9 Å². The first-order chi connectivity index (χ1) is 12.9. The number of carbonyl (C=O) groups excluding carboxylic acids is 1. The number of hydrogen-bond acceptors (Lipinski definition) is 4. The predicted octanol–water partition coefficient (Wildman–Crippen LogP) is 2.99. The highest BCUT2D eigenvalue weighted by Gasteiger charge is 2.27. The van der Waals surface area contributed by atoms with Gasteiger partial charge >= 0.3 is 0 Å². The van der Waals surface area contributed by atoms with Gasteiger partial charge in [-0.1, -0.05) is 6.92 Å². The van der Waals surface area contributed by atoms with Gasteiger partial charge in [-0.2, -0.15) is 5.10 Å². The third-order valence-electron chi connectivity index (χ3n) is 4.96. The van der Waals surface area contributed by atoms with Gasteiger partial charge in [0.25, 0.3) is 0 Å². The molecule has 0 radical (unpaired) electrons. The fraction of sp³-hybridized carbons (Fsp3) is 0.550. The van der Waals surface area contributed by atoms with E-state index < -0.39 is 0 Å². The molecule has 2 atom stereocenters. The number of benzene rings is 1. The lowest BCUT2D eigenvalue weighted by molar-refractivity contribution is -0.137. The van der Waals surface area contributed by atoms with Crippen LogP contribution in [0.2, 0.25) is 0 Å². The number of halogens is 1. The van der Waals surface area contributed by atoms with Gasteiger partial charge in [-0.3, -0.25) is 4.79 Å². The van der Waals surface area contributed by atoms with E-state index in [2.05, 4.69) is 10.1 Å². The zero-order valence-corrected chi connectivity index (χ0v) is 16.2. The van der Waals surface area contributed by atoms with Gasteiger partial charge in [0.05, 0.1) is 19.1 Å². The van der Waals surface area contributed by atoms with Crippen molar-refractivity contribution in [2.75, 3.05) is 19.7 Å². The Kier molecular flexibility index (Phi) is 6.08. The highest BCUT2D eigenvalue weighted by molar-refractivity contribution is 5.78. The molecule has 1 aromatic carbocycles. The first kappa shape index (κ1) is 19.3. The number of hydrogen-bond donors (Lipinski definition) is 0. The Hall–Kier alpha value is -2.44. The number of ether oxygens (including phenoxy) is 1. The van der Waals surface area contributed by atoms with E-state index in [0.29, 0.717) is 25.4 Å². The van der Waals surface area contributed by atoms with E-state index in [1.165, 1.54) is 12.1 Å². The second-order valence-corrected chi connectivity index (χ2v) is 7.35. The molecule has 0 spiro atoms. The van der Waals surface area contributed by atoms with Crippen LogP contribution in [-0.4, -0.2) is 45.3 Å². The van der Waals surface area contributed by atoms with Crippen molar-refractivity contribution in [3.63, 3.8) is 0 Å². The zero-order chi connectivity index (χ0) is 19.4. The van der Waals surface area contributed by atoms with Gasteiger partial charge in [-0.05, 0) is 51.0 Å². The average Bonchev–Trinajstić information content (AvgIpc) is 2.97. The molecule has 27 heavy (non-hydrogen) atoms. The van der Waals surface area contributed by atoms with Crippen molar-refractivity contribution >= 4 is 5.91 Å². The molecule has 0 aliphatic carbocycles. The van der Waals surface area contributed by atoms with Crippen molar-refractivity contribution in [2.24, 2.45) is 11.8 Å². The van der Waals surface area contributed by atoms with E-state index in [4.69, 9.17) is 4.74 Å². The molecular formula is C20H27FN4O2. The van der Waals surface area contributed by atoms with Gasteiger partial charge < -0.3 is 9.64 Å². The van der Waals surface area contributed by atoms with Gasteiger partial charge in [0, 0.05) is 19.0 Å². The Labute approximate surface area is 159 Å². The minimum atomic E-state index is -0.274. The van der Waals surface area contributed by atoms with Crippen LogP contribution in [0.3, 0.4) is 0 Å². The molecule has 0 unspecified atom stereocenters. The van der Waals surface area contributed by atoms with E-state index in [-0.39, 0.29) is 23.6 Å². The predicted molar refractivity (Wildman–Crippen MR) is 99.9 cm³/mol. The van der Waals surface area contributed by atoms with Crippen molar-refractivity contribution in [3.05, 3.63) is 41.7 Å². The highest BCUT2D eigenvalue weighted by atomic mass is 19.1. The average molecular weight is 374 g/mol. The summed E-state index contributed by atoms with van der Waals surface area (Å²) < 4.78 is 20.5. The van der Waals surface area contributed by atoms with Gasteiger partial charge in [0.1, 0.15) is 23.2 Å². The molecule has 1 aliphatic rings. The molecule has 1 aromatic heterocycles. The SMILES string of the molecule is Cc1nc(C)n(C[C@@H](C)C(=O)N2CCC[C@@H](COc3ccc(F)cc3)C2)n1. The summed E-state index contributed by atoms with van der Waals surface area (Å²) in [4.78, 5) is 19.1. The number of aromatic nitrogens is 3. The maximum absolute atomic E-state index is 13.0. The summed E-state index contributed by atoms with van der Waals surface area (Å²) in [5, 5.41) is 4.35. The molecule has 7 heteroatoms. The lowest BCUT2D eigenvalue weighted by atomic mass is 9.97. The number of amides is 1. The molecule has 1 amide bonds. The fourth-order valence-corrected chi connectivity index (χ4v) is 3.53. The molecule has 0 saturated carbocycles. The van der Waals surface area contributed by atoms with Crippen LogP contribution in [0.1, 0.15) is 31.4 Å². The summed E-state index contributed by atoms with van der Waals surface area (Å²) in [6, 6.07) is 6.04. The first-order valence-electron chi connectivity index (χ1n) is 9.47. The van der Waals surface area contributed by atoms with Crippen LogP contribution in [0.15, 0.2) is 24.3 Å². The molecule has 1 aliphatic heterocycles. The normalized spacial score (nSPS) is 18.4.